The molecule has 0 aromatic rings. The molecule has 0 amide bonds. The maximum Gasteiger partial charge on any atom is 0.0903 e. The lowest BCUT2D eigenvalue weighted by atomic mass is 10.1. The summed E-state index contributed by atoms with van der Waals surface area (Å²) in [5.41, 5.74) is 0. The van der Waals surface area contributed by atoms with Gasteiger partial charge in [-0.15, -0.1) is 0 Å². The van der Waals surface area contributed by atoms with Crippen molar-refractivity contribution in [3.8, 4) is 0 Å². The van der Waals surface area contributed by atoms with Gasteiger partial charge in [-0.05, 0) is 32.6 Å². The van der Waals surface area contributed by atoms with E-state index in [0.29, 0.717) is 6.10 Å². The third-order valence-electron chi connectivity index (χ3n) is 1.92. The maximum absolute atomic E-state index is 10.6. The Morgan fingerprint density at radius 3 is 3.00 bits per heavy atom. The van der Waals surface area contributed by atoms with Gasteiger partial charge in [0.25, 0.3) is 0 Å². The van der Waals surface area contributed by atoms with Crippen molar-refractivity contribution in [3.63, 3.8) is 0 Å². The van der Waals surface area contributed by atoms with Crippen molar-refractivity contribution >= 4 is 0 Å². The van der Waals surface area contributed by atoms with Crippen molar-refractivity contribution in [1.29, 1.82) is 0 Å². The number of ether oxygens (including phenoxy) is 1. The van der Waals surface area contributed by atoms with Crippen molar-refractivity contribution in [1.82, 2.24) is 0 Å². The van der Waals surface area contributed by atoms with Crippen LogP contribution in [0.25, 0.3) is 0 Å². The Kier molecular flexibility index (Phi) is 3.16. The fourth-order valence-electron chi connectivity index (χ4n) is 1.29. The predicted octanol–water partition coefficient (Wildman–Crippen LogP) is 1.76. The Labute approximate surface area is 62.2 Å². The van der Waals surface area contributed by atoms with Crippen molar-refractivity contribution < 1.29 is 9.84 Å². The first-order valence-corrected chi connectivity index (χ1v) is 4.06. The molecule has 0 aliphatic carbocycles. The van der Waals surface area contributed by atoms with Crippen molar-refractivity contribution in [3.05, 3.63) is 0 Å². The van der Waals surface area contributed by atoms with Gasteiger partial charge in [0, 0.05) is 6.61 Å². The second kappa shape index (κ2) is 3.94. The highest BCUT2D eigenvalue weighted by molar-refractivity contribution is 4.65. The molecule has 10 heavy (non-hydrogen) atoms. The van der Waals surface area contributed by atoms with Gasteiger partial charge < -0.3 is 4.74 Å². The molecule has 2 unspecified atom stereocenters. The SMILES string of the molecule is CC([O])CCC1CCCO1. The monoisotopic (exact) mass is 143 g/mol. The van der Waals surface area contributed by atoms with E-state index in [4.69, 9.17) is 4.74 Å². The summed E-state index contributed by atoms with van der Waals surface area (Å²) < 4.78 is 5.36. The summed E-state index contributed by atoms with van der Waals surface area (Å²) in [5, 5.41) is 10.6. The predicted molar refractivity (Wildman–Crippen MR) is 38.4 cm³/mol. The summed E-state index contributed by atoms with van der Waals surface area (Å²) in [4.78, 5) is 0. The van der Waals surface area contributed by atoms with Crippen molar-refractivity contribution in [2.45, 2.75) is 44.8 Å². The van der Waals surface area contributed by atoms with Gasteiger partial charge in [0.05, 0.1) is 12.2 Å². The van der Waals surface area contributed by atoms with Gasteiger partial charge in [-0.25, -0.2) is 5.11 Å². The summed E-state index contributed by atoms with van der Waals surface area (Å²) in [6, 6.07) is 0. The maximum atomic E-state index is 10.6. The highest BCUT2D eigenvalue weighted by Gasteiger charge is 2.15. The van der Waals surface area contributed by atoms with E-state index in [1.165, 1.54) is 6.42 Å². The molecule has 1 aliphatic heterocycles. The Hall–Kier alpha value is -0.0800. The third kappa shape index (κ3) is 2.67. The molecule has 0 saturated carbocycles. The van der Waals surface area contributed by atoms with Crippen LogP contribution in [0.4, 0.5) is 0 Å². The highest BCUT2D eigenvalue weighted by Crippen LogP contribution is 2.17. The fourth-order valence-corrected chi connectivity index (χ4v) is 1.29. The summed E-state index contributed by atoms with van der Waals surface area (Å²) in [6.45, 7) is 2.62. The zero-order valence-electron chi connectivity index (χ0n) is 6.51. The molecule has 1 saturated heterocycles. The average Bonchev–Trinajstić information content (AvgIpc) is 2.34. The van der Waals surface area contributed by atoms with Gasteiger partial charge in [0.2, 0.25) is 0 Å². The van der Waals surface area contributed by atoms with Crippen LogP contribution < -0.4 is 0 Å². The molecular formula is C8H15O2. The van der Waals surface area contributed by atoms with E-state index in [1.54, 1.807) is 6.92 Å². The van der Waals surface area contributed by atoms with Crippen LogP contribution in [0.15, 0.2) is 0 Å². The lowest BCUT2D eigenvalue weighted by Gasteiger charge is -2.08. The van der Waals surface area contributed by atoms with Crippen LogP contribution in [0.3, 0.4) is 0 Å². The first-order valence-electron chi connectivity index (χ1n) is 4.06. The molecule has 2 nitrogen and oxygen atoms in total. The standard InChI is InChI=1S/C8H15O2/c1-7(9)4-5-8-3-2-6-10-8/h7-8H,2-6H2,1H3. The van der Waals surface area contributed by atoms with Crippen LogP contribution in [0.5, 0.6) is 0 Å². The van der Waals surface area contributed by atoms with Gasteiger partial charge in [-0.2, -0.15) is 0 Å². The lowest BCUT2D eigenvalue weighted by molar-refractivity contribution is 0.0596. The lowest BCUT2D eigenvalue weighted by Crippen LogP contribution is -2.08. The smallest absolute Gasteiger partial charge is 0.0903 e. The molecule has 1 radical (unpaired) electrons. The van der Waals surface area contributed by atoms with E-state index in [2.05, 4.69) is 0 Å². The summed E-state index contributed by atoms with van der Waals surface area (Å²) in [7, 11) is 0. The van der Waals surface area contributed by atoms with Gasteiger partial charge in [0.15, 0.2) is 0 Å². The molecule has 0 bridgehead atoms. The van der Waals surface area contributed by atoms with E-state index in [9.17, 15) is 5.11 Å². The Bertz CT molecular complexity index is 85.3. The van der Waals surface area contributed by atoms with E-state index in [1.807, 2.05) is 0 Å². The third-order valence-corrected chi connectivity index (χ3v) is 1.92. The highest BCUT2D eigenvalue weighted by atomic mass is 16.5. The van der Waals surface area contributed by atoms with E-state index >= 15 is 0 Å². The zero-order valence-corrected chi connectivity index (χ0v) is 6.51. The minimum atomic E-state index is -0.413. The van der Waals surface area contributed by atoms with Gasteiger partial charge in [-0.1, -0.05) is 0 Å². The molecule has 1 heterocycles. The van der Waals surface area contributed by atoms with E-state index in [-0.39, 0.29) is 0 Å². The summed E-state index contributed by atoms with van der Waals surface area (Å²) in [5.74, 6) is 0. The topological polar surface area (TPSA) is 29.1 Å². The normalized spacial score (nSPS) is 28.8. The quantitative estimate of drug-likeness (QED) is 0.592. The molecule has 0 N–H and O–H groups in total. The molecule has 59 valence electrons. The van der Waals surface area contributed by atoms with Crippen molar-refractivity contribution in [2.75, 3.05) is 6.61 Å². The molecule has 1 rings (SSSR count). The van der Waals surface area contributed by atoms with Gasteiger partial charge >= 0.3 is 0 Å². The molecule has 0 aromatic carbocycles. The Balaban J connectivity index is 2.01. The Morgan fingerprint density at radius 1 is 1.70 bits per heavy atom. The van der Waals surface area contributed by atoms with Crippen LogP contribution in [0.2, 0.25) is 0 Å². The minimum absolute atomic E-state index is 0.399. The molecular weight excluding hydrogens is 128 g/mol. The average molecular weight is 143 g/mol. The Morgan fingerprint density at radius 2 is 2.50 bits per heavy atom. The molecule has 1 aliphatic rings. The zero-order chi connectivity index (χ0) is 7.40. The number of hydrogen-bond donors (Lipinski definition) is 0. The molecule has 2 heteroatoms. The van der Waals surface area contributed by atoms with E-state index in [0.717, 1.165) is 25.9 Å². The number of hydrogen-bond acceptors (Lipinski definition) is 1. The van der Waals surface area contributed by atoms with Crippen LogP contribution in [0.1, 0.15) is 32.6 Å². The van der Waals surface area contributed by atoms with Crippen LogP contribution in [-0.2, 0) is 9.84 Å². The largest absolute Gasteiger partial charge is 0.378 e. The second-order valence-electron chi connectivity index (χ2n) is 3.02. The fraction of sp³-hybridized carbons (Fsp3) is 1.00. The second-order valence-corrected chi connectivity index (χ2v) is 3.02. The minimum Gasteiger partial charge on any atom is -0.378 e. The first kappa shape index (κ1) is 8.02. The molecule has 0 spiro atoms. The summed E-state index contributed by atoms with van der Waals surface area (Å²) >= 11 is 0. The first-order chi connectivity index (χ1) is 4.79. The molecule has 0 aromatic heterocycles. The van der Waals surface area contributed by atoms with Crippen LogP contribution >= 0.6 is 0 Å². The number of rotatable bonds is 3. The van der Waals surface area contributed by atoms with E-state index < -0.39 is 6.10 Å². The molecule has 2 atom stereocenters. The van der Waals surface area contributed by atoms with Crippen molar-refractivity contribution in [2.24, 2.45) is 0 Å². The van der Waals surface area contributed by atoms with Gasteiger partial charge in [-0.3, -0.25) is 0 Å². The van der Waals surface area contributed by atoms with Gasteiger partial charge in [0.1, 0.15) is 0 Å². The van der Waals surface area contributed by atoms with Crippen LogP contribution in [0, 0.1) is 0 Å². The molecule has 1 fully saturated rings. The summed E-state index contributed by atoms with van der Waals surface area (Å²) in [6.07, 6.45) is 4.06. The van der Waals surface area contributed by atoms with Crippen LogP contribution in [-0.4, -0.2) is 18.8 Å².